The van der Waals surface area contributed by atoms with E-state index in [9.17, 15) is 4.79 Å². The lowest BCUT2D eigenvalue weighted by molar-refractivity contribution is -0.132. The van der Waals surface area contributed by atoms with Gasteiger partial charge in [0.05, 0.1) is 12.1 Å². The third kappa shape index (κ3) is 4.49. The molecule has 1 amide bonds. The molecule has 1 saturated heterocycles. The number of aromatic nitrogens is 2. The van der Waals surface area contributed by atoms with Crippen LogP contribution in [0.2, 0.25) is 0 Å². The minimum absolute atomic E-state index is 0.229. The Hall–Kier alpha value is -2.92. The number of hydrogen-bond acceptors (Lipinski definition) is 3. The lowest BCUT2D eigenvalue weighted by Gasteiger charge is -2.35. The first-order valence-electron chi connectivity index (χ1n) is 9.82. The van der Waals surface area contributed by atoms with Gasteiger partial charge < -0.3 is 4.90 Å². The molecule has 1 aliphatic rings. The fourth-order valence-electron chi connectivity index (χ4n) is 3.58. The van der Waals surface area contributed by atoms with Crippen LogP contribution in [0.3, 0.4) is 0 Å². The fourth-order valence-corrected chi connectivity index (χ4v) is 3.58. The molecule has 0 spiro atoms. The minimum atomic E-state index is 0.229. The van der Waals surface area contributed by atoms with Crippen molar-refractivity contribution in [3.8, 4) is 5.69 Å². The molecule has 0 saturated carbocycles. The van der Waals surface area contributed by atoms with Gasteiger partial charge in [0.1, 0.15) is 0 Å². The van der Waals surface area contributed by atoms with Crippen LogP contribution in [0.5, 0.6) is 0 Å². The van der Waals surface area contributed by atoms with Crippen molar-refractivity contribution in [2.45, 2.75) is 19.9 Å². The number of rotatable bonds is 5. The smallest absolute Gasteiger partial charge is 0.227 e. The van der Waals surface area contributed by atoms with Crippen molar-refractivity contribution in [2.24, 2.45) is 0 Å². The highest BCUT2D eigenvalue weighted by Gasteiger charge is 2.21. The molecule has 1 aromatic heterocycles. The van der Waals surface area contributed by atoms with Crippen LogP contribution in [0.25, 0.3) is 5.69 Å². The lowest BCUT2D eigenvalue weighted by Crippen LogP contribution is -2.48. The monoisotopic (exact) mass is 374 g/mol. The maximum atomic E-state index is 12.6. The van der Waals surface area contributed by atoms with Gasteiger partial charge in [0.25, 0.3) is 0 Å². The van der Waals surface area contributed by atoms with E-state index in [1.807, 2.05) is 21.8 Å². The number of amides is 1. The van der Waals surface area contributed by atoms with Crippen LogP contribution in [0.4, 0.5) is 0 Å². The molecule has 0 unspecified atom stereocenters. The van der Waals surface area contributed by atoms with Crippen molar-refractivity contribution in [2.75, 3.05) is 26.2 Å². The Morgan fingerprint density at radius 2 is 1.61 bits per heavy atom. The van der Waals surface area contributed by atoms with E-state index in [2.05, 4.69) is 65.5 Å². The molecular weight excluding hydrogens is 348 g/mol. The van der Waals surface area contributed by atoms with Gasteiger partial charge in [0.15, 0.2) is 0 Å². The van der Waals surface area contributed by atoms with E-state index < -0.39 is 0 Å². The number of carbonyl (C=O) groups excluding carboxylic acids is 1. The van der Waals surface area contributed by atoms with Crippen LogP contribution in [-0.2, 0) is 17.8 Å². The van der Waals surface area contributed by atoms with Crippen LogP contribution >= 0.6 is 0 Å². The summed E-state index contributed by atoms with van der Waals surface area (Å²) in [6.45, 7) is 6.42. The van der Waals surface area contributed by atoms with E-state index in [0.717, 1.165) is 44.0 Å². The molecule has 0 bridgehead atoms. The van der Waals surface area contributed by atoms with Gasteiger partial charge in [0.2, 0.25) is 5.91 Å². The van der Waals surface area contributed by atoms with Gasteiger partial charge in [-0.3, -0.25) is 9.69 Å². The number of aryl methyl sites for hydroxylation is 1. The Labute approximate surface area is 166 Å². The summed E-state index contributed by atoms with van der Waals surface area (Å²) in [5.74, 6) is 0.229. The first-order valence-corrected chi connectivity index (χ1v) is 9.82. The average Bonchev–Trinajstić information content (AvgIpc) is 3.26. The van der Waals surface area contributed by atoms with Crippen molar-refractivity contribution >= 4 is 5.91 Å². The molecule has 0 N–H and O–H groups in total. The van der Waals surface area contributed by atoms with Crippen molar-refractivity contribution in [1.82, 2.24) is 19.6 Å². The molecule has 0 atom stereocenters. The van der Waals surface area contributed by atoms with Crippen LogP contribution < -0.4 is 0 Å². The van der Waals surface area contributed by atoms with Crippen LogP contribution in [0.15, 0.2) is 67.0 Å². The van der Waals surface area contributed by atoms with Crippen LogP contribution in [0.1, 0.15) is 16.7 Å². The fraction of sp³-hybridized carbons (Fsp3) is 0.304. The number of hydrogen-bond donors (Lipinski definition) is 0. The van der Waals surface area contributed by atoms with E-state index in [1.54, 1.807) is 6.20 Å². The topological polar surface area (TPSA) is 41.4 Å². The number of piperazine rings is 1. The first-order chi connectivity index (χ1) is 13.7. The summed E-state index contributed by atoms with van der Waals surface area (Å²) in [6.07, 6.45) is 4.23. The van der Waals surface area contributed by atoms with E-state index in [1.165, 1.54) is 11.1 Å². The van der Waals surface area contributed by atoms with Gasteiger partial charge in [-0.2, -0.15) is 5.10 Å². The molecule has 2 aromatic carbocycles. The second kappa shape index (κ2) is 8.40. The first kappa shape index (κ1) is 18.4. The van der Waals surface area contributed by atoms with E-state index in [4.69, 9.17) is 0 Å². The molecule has 0 aliphatic carbocycles. The SMILES string of the molecule is Cc1ccc(CC(=O)N2CCN(Cc3ccc(-n4cccn4)cc3)CC2)cc1. The zero-order valence-corrected chi connectivity index (χ0v) is 16.3. The Morgan fingerprint density at radius 3 is 2.25 bits per heavy atom. The van der Waals surface area contributed by atoms with E-state index in [0.29, 0.717) is 6.42 Å². The molecule has 1 aliphatic heterocycles. The minimum Gasteiger partial charge on any atom is -0.340 e. The average molecular weight is 374 g/mol. The summed E-state index contributed by atoms with van der Waals surface area (Å²) in [4.78, 5) is 17.0. The van der Waals surface area contributed by atoms with Crippen molar-refractivity contribution < 1.29 is 4.79 Å². The molecule has 1 fully saturated rings. The Balaban J connectivity index is 1.27. The number of nitrogens with zero attached hydrogens (tertiary/aromatic N) is 4. The molecule has 5 heteroatoms. The highest BCUT2D eigenvalue weighted by atomic mass is 16.2. The quantitative estimate of drug-likeness (QED) is 0.689. The standard InChI is InChI=1S/C23H26N4O/c1-19-3-5-20(6-4-19)17-23(28)26-15-13-25(14-16-26)18-21-7-9-22(10-8-21)27-12-2-11-24-27/h2-12H,13-18H2,1H3. The summed E-state index contributed by atoms with van der Waals surface area (Å²) < 4.78 is 1.86. The largest absolute Gasteiger partial charge is 0.340 e. The van der Waals surface area contributed by atoms with Crippen LogP contribution in [0, 0.1) is 6.92 Å². The van der Waals surface area contributed by atoms with E-state index in [-0.39, 0.29) is 5.91 Å². The number of benzene rings is 2. The molecule has 28 heavy (non-hydrogen) atoms. The van der Waals surface area contributed by atoms with Gasteiger partial charge in [-0.05, 0) is 36.2 Å². The summed E-state index contributed by atoms with van der Waals surface area (Å²) in [5, 5.41) is 4.26. The molecule has 0 radical (unpaired) electrons. The van der Waals surface area contributed by atoms with Crippen molar-refractivity contribution in [1.29, 1.82) is 0 Å². The Bertz CT molecular complexity index is 893. The maximum Gasteiger partial charge on any atom is 0.227 e. The highest BCUT2D eigenvalue weighted by molar-refractivity contribution is 5.78. The molecule has 2 heterocycles. The highest BCUT2D eigenvalue weighted by Crippen LogP contribution is 2.13. The van der Waals surface area contributed by atoms with Gasteiger partial charge in [0, 0.05) is 45.1 Å². The number of carbonyl (C=O) groups is 1. The normalized spacial score (nSPS) is 15.0. The summed E-state index contributed by atoms with van der Waals surface area (Å²) in [6, 6.07) is 18.7. The maximum absolute atomic E-state index is 12.6. The van der Waals surface area contributed by atoms with Crippen molar-refractivity contribution in [3.05, 3.63) is 83.7 Å². The zero-order valence-electron chi connectivity index (χ0n) is 16.3. The molecule has 5 nitrogen and oxygen atoms in total. The van der Waals surface area contributed by atoms with Gasteiger partial charge in [-0.25, -0.2) is 4.68 Å². The molecule has 144 valence electrons. The summed E-state index contributed by atoms with van der Waals surface area (Å²) in [7, 11) is 0. The molecular formula is C23H26N4O. The van der Waals surface area contributed by atoms with Crippen molar-refractivity contribution in [3.63, 3.8) is 0 Å². The van der Waals surface area contributed by atoms with Gasteiger partial charge >= 0.3 is 0 Å². The second-order valence-corrected chi connectivity index (χ2v) is 7.44. The lowest BCUT2D eigenvalue weighted by atomic mass is 10.1. The predicted octanol–water partition coefficient (Wildman–Crippen LogP) is 3.07. The second-order valence-electron chi connectivity index (χ2n) is 7.44. The summed E-state index contributed by atoms with van der Waals surface area (Å²) in [5.41, 5.74) is 4.67. The molecule has 3 aromatic rings. The van der Waals surface area contributed by atoms with Gasteiger partial charge in [-0.1, -0.05) is 42.0 Å². The van der Waals surface area contributed by atoms with E-state index >= 15 is 0 Å². The predicted molar refractivity (Wildman–Crippen MR) is 110 cm³/mol. The zero-order chi connectivity index (χ0) is 19.3. The van der Waals surface area contributed by atoms with Gasteiger partial charge in [-0.15, -0.1) is 0 Å². The third-order valence-electron chi connectivity index (χ3n) is 5.31. The Morgan fingerprint density at radius 1 is 0.929 bits per heavy atom. The summed E-state index contributed by atoms with van der Waals surface area (Å²) >= 11 is 0. The molecule has 4 rings (SSSR count). The van der Waals surface area contributed by atoms with Crippen LogP contribution in [-0.4, -0.2) is 51.7 Å². The third-order valence-corrected chi connectivity index (χ3v) is 5.31. The Kier molecular flexibility index (Phi) is 5.53.